The van der Waals surface area contributed by atoms with Crippen LogP contribution >= 0.6 is 0 Å². The van der Waals surface area contributed by atoms with Gasteiger partial charge in [0.1, 0.15) is 0 Å². The number of allylic oxidation sites excluding steroid dienone is 4. The maximum absolute atomic E-state index is 9.65. The van der Waals surface area contributed by atoms with E-state index in [4.69, 9.17) is 0 Å². The fraction of sp³-hybridized carbons (Fsp3) is 0.500. The van der Waals surface area contributed by atoms with Crippen LogP contribution in [0.15, 0.2) is 23.3 Å². The minimum atomic E-state index is -1.57. The van der Waals surface area contributed by atoms with Crippen molar-refractivity contribution in [3.63, 3.8) is 0 Å². The van der Waals surface area contributed by atoms with Gasteiger partial charge in [-0.15, -0.1) is 0 Å². The van der Waals surface area contributed by atoms with Crippen LogP contribution in [0.3, 0.4) is 0 Å². The Morgan fingerprint density at radius 2 is 1.40 bits per heavy atom. The van der Waals surface area contributed by atoms with Crippen molar-refractivity contribution in [3.8, 4) is 24.3 Å². The third-order valence-electron chi connectivity index (χ3n) is 5.39. The molecule has 0 aromatic rings. The standard InChI is InChI=1S/C16H12N4/c1-9-3-11-13(9)12-4-10(2)14(11)16(7-19,8-20)15(12,5-17)6-18/h3-4,11-14H,1-2H3/t11-,12+,13-,14+/m1/s1. The summed E-state index contributed by atoms with van der Waals surface area (Å²) in [4.78, 5) is 0. The molecule has 4 aliphatic carbocycles. The van der Waals surface area contributed by atoms with Crippen molar-refractivity contribution in [2.24, 2.45) is 34.5 Å². The third kappa shape index (κ3) is 0.943. The van der Waals surface area contributed by atoms with Gasteiger partial charge in [0.05, 0.1) is 24.3 Å². The summed E-state index contributed by atoms with van der Waals surface area (Å²) in [5.41, 5.74) is -1.02. The van der Waals surface area contributed by atoms with Gasteiger partial charge in [-0.1, -0.05) is 23.3 Å². The van der Waals surface area contributed by atoms with Crippen LogP contribution < -0.4 is 0 Å². The molecule has 0 saturated heterocycles. The van der Waals surface area contributed by atoms with Gasteiger partial charge in [-0.05, 0) is 25.7 Å². The van der Waals surface area contributed by atoms with E-state index in [0.29, 0.717) is 0 Å². The summed E-state index contributed by atoms with van der Waals surface area (Å²) >= 11 is 0. The molecule has 0 aromatic heterocycles. The molecule has 1 saturated carbocycles. The molecule has 0 aromatic carbocycles. The predicted octanol–water partition coefficient (Wildman–Crippen LogP) is 2.45. The van der Waals surface area contributed by atoms with E-state index in [9.17, 15) is 21.0 Å². The van der Waals surface area contributed by atoms with E-state index < -0.39 is 10.8 Å². The lowest BCUT2D eigenvalue weighted by Gasteiger charge is -2.61. The van der Waals surface area contributed by atoms with Crippen molar-refractivity contribution in [3.05, 3.63) is 23.3 Å². The molecule has 0 radical (unpaired) electrons. The lowest BCUT2D eigenvalue weighted by atomic mass is 9.36. The van der Waals surface area contributed by atoms with Gasteiger partial charge in [-0.2, -0.15) is 21.0 Å². The van der Waals surface area contributed by atoms with E-state index in [1.807, 2.05) is 44.2 Å². The zero-order valence-electron chi connectivity index (χ0n) is 11.3. The summed E-state index contributed by atoms with van der Waals surface area (Å²) in [6, 6.07) is 8.17. The van der Waals surface area contributed by atoms with Crippen molar-refractivity contribution in [1.82, 2.24) is 0 Å². The molecule has 0 amide bonds. The van der Waals surface area contributed by atoms with E-state index in [-0.39, 0.29) is 23.7 Å². The van der Waals surface area contributed by atoms with Crippen molar-refractivity contribution in [1.29, 1.82) is 21.0 Å². The molecule has 0 spiro atoms. The van der Waals surface area contributed by atoms with Gasteiger partial charge >= 0.3 is 0 Å². The average molecular weight is 260 g/mol. The van der Waals surface area contributed by atoms with Crippen LogP contribution in [0.5, 0.6) is 0 Å². The van der Waals surface area contributed by atoms with Crippen LogP contribution in [-0.2, 0) is 0 Å². The predicted molar refractivity (Wildman–Crippen MR) is 68.8 cm³/mol. The molecule has 1 fully saturated rings. The monoisotopic (exact) mass is 260 g/mol. The third-order valence-corrected chi connectivity index (χ3v) is 5.39. The smallest absolute Gasteiger partial charge is 0.183 e. The SMILES string of the molecule is CC1=C[C@@H]2[C@@H]1[C@@H]1C=C(C)[C@@H]2C(C#N)(C#N)C1(C#N)C#N. The van der Waals surface area contributed by atoms with Crippen molar-refractivity contribution in [2.45, 2.75) is 13.8 Å². The number of hydrogen-bond donors (Lipinski definition) is 0. The first-order valence-electron chi connectivity index (χ1n) is 6.54. The molecule has 4 heteroatoms. The Morgan fingerprint density at radius 3 is 1.85 bits per heavy atom. The molecule has 96 valence electrons. The summed E-state index contributed by atoms with van der Waals surface area (Å²) in [6.07, 6.45) is 4.03. The lowest BCUT2D eigenvalue weighted by Crippen LogP contribution is -2.63. The number of hydrogen-bond acceptors (Lipinski definition) is 4. The van der Waals surface area contributed by atoms with Crippen LogP contribution in [0.1, 0.15) is 13.8 Å². The molecule has 20 heavy (non-hydrogen) atoms. The van der Waals surface area contributed by atoms with Gasteiger partial charge < -0.3 is 0 Å². The number of rotatable bonds is 0. The number of fused-ring (bicyclic) bond motifs is 1. The minimum Gasteiger partial charge on any atom is -0.196 e. The van der Waals surface area contributed by atoms with Crippen molar-refractivity contribution < 1.29 is 0 Å². The fourth-order valence-corrected chi connectivity index (χ4v) is 4.55. The average Bonchev–Trinajstić information content (AvgIpc) is 2.44. The second-order valence-electron chi connectivity index (χ2n) is 5.99. The molecule has 0 unspecified atom stereocenters. The highest BCUT2D eigenvalue weighted by Crippen LogP contribution is 2.69. The summed E-state index contributed by atoms with van der Waals surface area (Å²) in [5, 5.41) is 38.6. The van der Waals surface area contributed by atoms with E-state index in [1.54, 1.807) is 0 Å². The Kier molecular flexibility index (Phi) is 2.19. The Balaban J connectivity index is 2.37. The molecule has 4 rings (SSSR count). The number of nitriles is 4. The molecular formula is C16H12N4. The minimum absolute atomic E-state index is 0.110. The van der Waals surface area contributed by atoms with Gasteiger partial charge in [0, 0.05) is 11.8 Å². The molecular weight excluding hydrogens is 248 g/mol. The summed E-state index contributed by atoms with van der Waals surface area (Å²) in [5.74, 6) is -0.482. The summed E-state index contributed by atoms with van der Waals surface area (Å²) in [7, 11) is 0. The Hall–Kier alpha value is -2.56. The summed E-state index contributed by atoms with van der Waals surface area (Å²) in [6.45, 7) is 3.89. The highest BCUT2D eigenvalue weighted by Gasteiger charge is 2.73. The van der Waals surface area contributed by atoms with Crippen LogP contribution in [-0.4, -0.2) is 0 Å². The molecule has 4 nitrogen and oxygen atoms in total. The van der Waals surface area contributed by atoms with Gasteiger partial charge in [-0.3, -0.25) is 0 Å². The van der Waals surface area contributed by atoms with Gasteiger partial charge in [0.25, 0.3) is 0 Å². The second kappa shape index (κ2) is 3.50. The van der Waals surface area contributed by atoms with Gasteiger partial charge in [0.2, 0.25) is 0 Å². The van der Waals surface area contributed by atoms with Gasteiger partial charge in [-0.25, -0.2) is 0 Å². The Labute approximate surface area is 117 Å². The van der Waals surface area contributed by atoms with Crippen molar-refractivity contribution >= 4 is 0 Å². The van der Waals surface area contributed by atoms with E-state index in [2.05, 4.69) is 6.08 Å². The zero-order valence-corrected chi connectivity index (χ0v) is 11.3. The largest absolute Gasteiger partial charge is 0.196 e. The quantitative estimate of drug-likeness (QED) is 0.625. The van der Waals surface area contributed by atoms with E-state index >= 15 is 0 Å². The van der Waals surface area contributed by atoms with E-state index in [1.165, 1.54) is 0 Å². The first-order valence-corrected chi connectivity index (χ1v) is 6.54. The molecule has 2 bridgehead atoms. The highest BCUT2D eigenvalue weighted by atomic mass is 14.7. The number of nitrogens with zero attached hydrogens (tertiary/aromatic N) is 4. The first kappa shape index (κ1) is 12.5. The molecule has 0 aliphatic heterocycles. The highest BCUT2D eigenvalue weighted by molar-refractivity contribution is 5.52. The van der Waals surface area contributed by atoms with Crippen LogP contribution in [0.2, 0.25) is 0 Å². The zero-order chi connectivity index (χ0) is 14.7. The second-order valence-corrected chi connectivity index (χ2v) is 5.99. The van der Waals surface area contributed by atoms with Crippen LogP contribution in [0.25, 0.3) is 0 Å². The molecule has 4 aliphatic rings. The Bertz CT molecular complexity index is 700. The van der Waals surface area contributed by atoms with Crippen molar-refractivity contribution in [2.75, 3.05) is 0 Å². The molecule has 0 heterocycles. The molecule has 0 N–H and O–H groups in total. The maximum atomic E-state index is 9.65. The normalized spacial score (nSPS) is 37.7. The first-order chi connectivity index (χ1) is 9.52. The molecule has 4 atom stereocenters. The van der Waals surface area contributed by atoms with Crippen LogP contribution in [0, 0.1) is 79.8 Å². The Morgan fingerprint density at radius 1 is 0.850 bits per heavy atom. The lowest BCUT2D eigenvalue weighted by molar-refractivity contribution is -0.00608. The summed E-state index contributed by atoms with van der Waals surface area (Å²) < 4.78 is 0. The van der Waals surface area contributed by atoms with Crippen LogP contribution in [0.4, 0.5) is 0 Å². The van der Waals surface area contributed by atoms with E-state index in [0.717, 1.165) is 11.1 Å². The maximum Gasteiger partial charge on any atom is 0.183 e. The topological polar surface area (TPSA) is 95.2 Å². The van der Waals surface area contributed by atoms with Gasteiger partial charge in [0.15, 0.2) is 10.8 Å². The fourth-order valence-electron chi connectivity index (χ4n) is 4.55.